The zero-order valence-corrected chi connectivity index (χ0v) is 10.8. The molecule has 0 saturated carbocycles. The summed E-state index contributed by atoms with van der Waals surface area (Å²) < 4.78 is 19.3. The lowest BCUT2D eigenvalue weighted by Crippen LogP contribution is -2.24. The molecule has 0 atom stereocenters. The van der Waals surface area contributed by atoms with Crippen LogP contribution in [0.2, 0.25) is 0 Å². The summed E-state index contributed by atoms with van der Waals surface area (Å²) in [5.41, 5.74) is 1.57. The zero-order valence-electron chi connectivity index (χ0n) is 10.8. The fourth-order valence-corrected chi connectivity index (χ4v) is 2.45. The molecular weight excluding hydrogens is 245 g/mol. The minimum absolute atomic E-state index is 0.251. The summed E-state index contributed by atoms with van der Waals surface area (Å²) in [7, 11) is 0. The van der Waals surface area contributed by atoms with Crippen molar-refractivity contribution in [3.8, 4) is 16.9 Å². The van der Waals surface area contributed by atoms with Gasteiger partial charge in [-0.25, -0.2) is 4.39 Å². The van der Waals surface area contributed by atoms with E-state index in [1.165, 1.54) is 12.3 Å². The van der Waals surface area contributed by atoms with E-state index in [-0.39, 0.29) is 5.60 Å². The quantitative estimate of drug-likeness (QED) is 0.855. The van der Waals surface area contributed by atoms with E-state index in [0.29, 0.717) is 5.56 Å². The van der Waals surface area contributed by atoms with Crippen LogP contribution in [0.25, 0.3) is 11.1 Å². The molecule has 1 aromatic carbocycles. The molecule has 0 spiro atoms. The fourth-order valence-electron chi connectivity index (χ4n) is 2.45. The first-order chi connectivity index (χ1) is 8.96. The van der Waals surface area contributed by atoms with Gasteiger partial charge >= 0.3 is 0 Å². The van der Waals surface area contributed by atoms with Crippen LogP contribution in [0.5, 0.6) is 5.75 Å². The SMILES string of the molecule is CC1(C)Cc2cccc(-c3c[nH]c(=O)c(F)c3)c2O1. The Morgan fingerprint density at radius 1 is 1.37 bits per heavy atom. The van der Waals surface area contributed by atoms with Crippen LogP contribution in [0.15, 0.2) is 35.3 Å². The predicted octanol–water partition coefficient (Wildman–Crippen LogP) is 2.89. The number of aromatic amines is 1. The van der Waals surface area contributed by atoms with Crippen LogP contribution >= 0.6 is 0 Å². The second-order valence-electron chi connectivity index (χ2n) is 5.40. The van der Waals surface area contributed by atoms with Crippen molar-refractivity contribution in [3.63, 3.8) is 0 Å². The van der Waals surface area contributed by atoms with Gasteiger partial charge in [0.25, 0.3) is 5.56 Å². The summed E-state index contributed by atoms with van der Waals surface area (Å²) in [5.74, 6) is -0.00805. The molecule has 0 amide bonds. The number of fused-ring (bicyclic) bond motifs is 1. The van der Waals surface area contributed by atoms with Gasteiger partial charge < -0.3 is 9.72 Å². The average molecular weight is 259 g/mol. The Morgan fingerprint density at radius 2 is 2.16 bits per heavy atom. The Balaban J connectivity index is 2.15. The first kappa shape index (κ1) is 12.0. The summed E-state index contributed by atoms with van der Waals surface area (Å²) in [6.45, 7) is 4.04. The van der Waals surface area contributed by atoms with Crippen LogP contribution in [-0.4, -0.2) is 10.6 Å². The van der Waals surface area contributed by atoms with Gasteiger partial charge in [-0.05, 0) is 25.5 Å². The highest BCUT2D eigenvalue weighted by Gasteiger charge is 2.31. The molecule has 0 saturated heterocycles. The highest BCUT2D eigenvalue weighted by Crippen LogP contribution is 2.41. The molecule has 2 heterocycles. The largest absolute Gasteiger partial charge is 0.487 e. The number of hydrogen-bond acceptors (Lipinski definition) is 2. The second-order valence-corrected chi connectivity index (χ2v) is 5.40. The summed E-state index contributed by atoms with van der Waals surface area (Å²) in [4.78, 5) is 13.5. The lowest BCUT2D eigenvalue weighted by molar-refractivity contribution is 0.139. The van der Waals surface area contributed by atoms with Crippen molar-refractivity contribution in [2.45, 2.75) is 25.9 Å². The molecule has 3 nitrogen and oxygen atoms in total. The number of hydrogen-bond donors (Lipinski definition) is 1. The van der Waals surface area contributed by atoms with Crippen LogP contribution in [0.3, 0.4) is 0 Å². The van der Waals surface area contributed by atoms with Gasteiger partial charge in [0, 0.05) is 23.7 Å². The Bertz CT molecular complexity index is 704. The maximum absolute atomic E-state index is 13.4. The van der Waals surface area contributed by atoms with Crippen molar-refractivity contribution < 1.29 is 9.13 Å². The predicted molar refractivity (Wildman–Crippen MR) is 70.9 cm³/mol. The van der Waals surface area contributed by atoms with Crippen LogP contribution in [0.1, 0.15) is 19.4 Å². The number of benzene rings is 1. The van der Waals surface area contributed by atoms with Gasteiger partial charge in [0.1, 0.15) is 11.4 Å². The second kappa shape index (κ2) is 3.95. The minimum Gasteiger partial charge on any atom is -0.487 e. The summed E-state index contributed by atoms with van der Waals surface area (Å²) in [6, 6.07) is 7.04. The van der Waals surface area contributed by atoms with E-state index in [1.807, 2.05) is 32.0 Å². The lowest BCUT2D eigenvalue weighted by Gasteiger charge is -2.18. The molecule has 0 unspecified atom stereocenters. The molecule has 1 N–H and O–H groups in total. The number of rotatable bonds is 1. The van der Waals surface area contributed by atoms with E-state index in [4.69, 9.17) is 4.74 Å². The average Bonchev–Trinajstić information content (AvgIpc) is 2.66. The summed E-state index contributed by atoms with van der Waals surface area (Å²) >= 11 is 0. The zero-order chi connectivity index (χ0) is 13.6. The van der Waals surface area contributed by atoms with E-state index >= 15 is 0 Å². The third kappa shape index (κ3) is 2.03. The molecule has 98 valence electrons. The van der Waals surface area contributed by atoms with Crippen molar-refractivity contribution in [2.75, 3.05) is 0 Å². The number of aromatic nitrogens is 1. The van der Waals surface area contributed by atoms with Gasteiger partial charge in [0.05, 0.1) is 0 Å². The Kier molecular flexibility index (Phi) is 2.49. The van der Waals surface area contributed by atoms with E-state index in [9.17, 15) is 9.18 Å². The summed E-state index contributed by atoms with van der Waals surface area (Å²) in [6.07, 6.45) is 2.33. The molecule has 3 rings (SSSR count). The van der Waals surface area contributed by atoms with Crippen LogP contribution in [-0.2, 0) is 6.42 Å². The molecule has 0 radical (unpaired) electrons. The van der Waals surface area contributed by atoms with Crippen molar-refractivity contribution in [1.82, 2.24) is 4.98 Å². The summed E-state index contributed by atoms with van der Waals surface area (Å²) in [5, 5.41) is 0. The third-order valence-electron chi connectivity index (χ3n) is 3.26. The number of para-hydroxylation sites is 1. The Labute approximate surface area is 110 Å². The maximum atomic E-state index is 13.4. The molecule has 0 fully saturated rings. The molecule has 1 aliphatic rings. The van der Waals surface area contributed by atoms with Gasteiger partial charge in [-0.1, -0.05) is 18.2 Å². The van der Waals surface area contributed by atoms with Crippen LogP contribution in [0, 0.1) is 5.82 Å². The van der Waals surface area contributed by atoms with E-state index < -0.39 is 11.4 Å². The Morgan fingerprint density at radius 3 is 2.89 bits per heavy atom. The molecule has 2 aromatic rings. The number of ether oxygens (including phenoxy) is 1. The molecular formula is C15H14FNO2. The van der Waals surface area contributed by atoms with E-state index in [0.717, 1.165) is 23.3 Å². The van der Waals surface area contributed by atoms with Crippen LogP contribution < -0.4 is 10.3 Å². The molecule has 4 heteroatoms. The van der Waals surface area contributed by atoms with Crippen molar-refractivity contribution in [3.05, 3.63) is 52.2 Å². The van der Waals surface area contributed by atoms with Crippen molar-refractivity contribution in [1.29, 1.82) is 0 Å². The van der Waals surface area contributed by atoms with Gasteiger partial charge in [-0.2, -0.15) is 0 Å². The molecule has 19 heavy (non-hydrogen) atoms. The third-order valence-corrected chi connectivity index (χ3v) is 3.26. The number of nitrogens with one attached hydrogen (secondary N) is 1. The molecule has 0 aliphatic carbocycles. The molecule has 0 bridgehead atoms. The van der Waals surface area contributed by atoms with E-state index in [1.54, 1.807) is 0 Å². The van der Waals surface area contributed by atoms with Gasteiger partial charge in [0.15, 0.2) is 5.82 Å². The van der Waals surface area contributed by atoms with Crippen LogP contribution in [0.4, 0.5) is 4.39 Å². The maximum Gasteiger partial charge on any atom is 0.283 e. The first-order valence-corrected chi connectivity index (χ1v) is 6.16. The molecule has 1 aromatic heterocycles. The van der Waals surface area contributed by atoms with Crippen molar-refractivity contribution >= 4 is 0 Å². The monoisotopic (exact) mass is 259 g/mol. The highest BCUT2D eigenvalue weighted by molar-refractivity contribution is 5.72. The minimum atomic E-state index is -0.785. The number of halogens is 1. The fraction of sp³-hybridized carbons (Fsp3) is 0.267. The first-order valence-electron chi connectivity index (χ1n) is 6.16. The Hall–Kier alpha value is -2.10. The lowest BCUT2D eigenvalue weighted by atomic mass is 9.98. The van der Waals surface area contributed by atoms with Gasteiger partial charge in [-0.3, -0.25) is 4.79 Å². The standard InChI is InChI=1S/C15H14FNO2/c1-15(2)7-9-4-3-5-11(13(9)19-15)10-6-12(16)14(18)17-8-10/h3-6,8H,7H2,1-2H3,(H,17,18). The van der Waals surface area contributed by atoms with Gasteiger partial charge in [-0.15, -0.1) is 0 Å². The smallest absolute Gasteiger partial charge is 0.283 e. The highest BCUT2D eigenvalue weighted by atomic mass is 19.1. The molecule has 1 aliphatic heterocycles. The number of H-pyrrole nitrogens is 1. The van der Waals surface area contributed by atoms with E-state index in [2.05, 4.69) is 4.98 Å². The van der Waals surface area contributed by atoms with Crippen molar-refractivity contribution in [2.24, 2.45) is 0 Å². The number of pyridine rings is 1. The van der Waals surface area contributed by atoms with Gasteiger partial charge in [0.2, 0.25) is 0 Å². The normalized spacial score (nSPS) is 15.9. The topological polar surface area (TPSA) is 42.1 Å².